The van der Waals surface area contributed by atoms with Crippen LogP contribution in [0.25, 0.3) is 22.3 Å². The molecule has 2 aliphatic rings. The number of carbonyl (C=O) groups is 2. The maximum absolute atomic E-state index is 11.8. The van der Waals surface area contributed by atoms with Crippen LogP contribution in [0.3, 0.4) is 0 Å². The quantitative estimate of drug-likeness (QED) is 0.199. The molecule has 0 unspecified atom stereocenters. The van der Waals surface area contributed by atoms with Crippen molar-refractivity contribution in [3.8, 4) is 22.3 Å². The number of fused-ring (bicyclic) bond motifs is 6. The third kappa shape index (κ3) is 2.36. The topological polar surface area (TPSA) is 34.1 Å². The van der Waals surface area contributed by atoms with Gasteiger partial charge in [-0.25, -0.2) is 0 Å². The van der Waals surface area contributed by atoms with E-state index in [0.717, 1.165) is 52.1 Å². The van der Waals surface area contributed by atoms with Crippen LogP contribution in [0.4, 0.5) is 0 Å². The Labute approximate surface area is 181 Å². The first-order valence-corrected chi connectivity index (χ1v) is 12.6. The molecule has 0 amide bonds. The van der Waals surface area contributed by atoms with Crippen molar-refractivity contribution in [2.75, 3.05) is 0 Å². The summed E-state index contributed by atoms with van der Waals surface area (Å²) in [6.45, 7) is 0. The van der Waals surface area contributed by atoms with Crippen LogP contribution in [0.15, 0.2) is 41.2 Å². The number of ketones is 2. The van der Waals surface area contributed by atoms with Crippen molar-refractivity contribution >= 4 is 88.8 Å². The van der Waals surface area contributed by atoms with E-state index in [-0.39, 0.29) is 11.6 Å². The van der Waals surface area contributed by atoms with Crippen molar-refractivity contribution in [1.82, 2.24) is 0 Å². The molecule has 0 bridgehead atoms. The number of hydrogen-bond donors (Lipinski definition) is 0. The van der Waals surface area contributed by atoms with Crippen LogP contribution in [0.5, 0.6) is 0 Å². The van der Waals surface area contributed by atoms with Gasteiger partial charge in [-0.2, -0.15) is 22.7 Å². The predicted molar refractivity (Wildman–Crippen MR) is 118 cm³/mol. The Morgan fingerprint density at radius 3 is 1.38 bits per heavy atom. The summed E-state index contributed by atoms with van der Waals surface area (Å²) in [4.78, 5) is 25.3. The number of rotatable bonds is 0. The lowest BCUT2D eigenvalue weighted by Gasteiger charge is -1.89. The van der Waals surface area contributed by atoms with E-state index in [0.29, 0.717) is 0 Å². The second-order valence-electron chi connectivity index (χ2n) is 5.63. The average molecular weight is 542 g/mol. The third-order valence-corrected chi connectivity index (χ3v) is 9.56. The van der Waals surface area contributed by atoms with Gasteiger partial charge in [0.15, 0.2) is 0 Å². The Bertz CT molecular complexity index is 1110. The van der Waals surface area contributed by atoms with Crippen molar-refractivity contribution in [3.63, 3.8) is 0 Å². The highest BCUT2D eigenvalue weighted by molar-refractivity contribution is 9.11. The zero-order valence-electron chi connectivity index (χ0n) is 12.7. The Morgan fingerprint density at radius 1 is 0.577 bits per heavy atom. The van der Waals surface area contributed by atoms with Gasteiger partial charge in [0.05, 0.1) is 9.75 Å². The van der Waals surface area contributed by atoms with Gasteiger partial charge in [-0.3, -0.25) is 9.59 Å². The Hall–Kier alpha value is -0.900. The van der Waals surface area contributed by atoms with Crippen LogP contribution >= 0.6 is 77.2 Å². The highest BCUT2D eigenvalue weighted by Crippen LogP contribution is 2.47. The predicted octanol–water partition coefficient (Wildman–Crippen LogP) is 7.57. The van der Waals surface area contributed by atoms with E-state index >= 15 is 0 Å². The molecule has 0 atom stereocenters. The van der Waals surface area contributed by atoms with E-state index in [4.69, 9.17) is 0 Å². The smallest absolute Gasteiger partial charge is 0.205 e. The molecule has 0 spiro atoms. The average Bonchev–Trinajstić information content (AvgIpc) is 3.40. The second-order valence-corrected chi connectivity index (χ2v) is 10.6. The summed E-state index contributed by atoms with van der Waals surface area (Å²) < 4.78 is 2.08. The molecule has 0 radical (unpaired) electrons. The molecule has 0 aromatic carbocycles. The summed E-state index contributed by atoms with van der Waals surface area (Å²) in [6, 6.07) is 0. The largest absolute Gasteiger partial charge is 0.288 e. The van der Waals surface area contributed by atoms with E-state index in [9.17, 15) is 9.59 Å². The molecule has 2 aliphatic carbocycles. The maximum atomic E-state index is 11.8. The molecule has 6 rings (SSSR count). The molecule has 0 aliphatic heterocycles. The number of halogens is 2. The third-order valence-electron chi connectivity index (χ3n) is 4.26. The van der Waals surface area contributed by atoms with Crippen LogP contribution in [-0.4, -0.2) is 11.6 Å². The van der Waals surface area contributed by atoms with Gasteiger partial charge in [-0.15, -0.1) is 22.7 Å². The second kappa shape index (κ2) is 6.32. The molecular formula is C18H6Br2O2S4. The molecular weight excluding hydrogens is 536 g/mol. The van der Waals surface area contributed by atoms with Crippen LogP contribution in [0, 0.1) is 0 Å². The monoisotopic (exact) mass is 540 g/mol. The zero-order chi connectivity index (χ0) is 18.0. The Kier molecular flexibility index (Phi) is 4.19. The molecule has 8 heteroatoms. The molecule has 0 fully saturated rings. The minimum Gasteiger partial charge on any atom is -0.288 e. The minimum absolute atomic E-state index is 0.182. The van der Waals surface area contributed by atoms with E-state index in [1.54, 1.807) is 22.7 Å². The lowest BCUT2D eigenvalue weighted by atomic mass is 10.2. The van der Waals surface area contributed by atoms with Gasteiger partial charge >= 0.3 is 0 Å². The fourth-order valence-electron chi connectivity index (χ4n) is 3.09. The Balaban J connectivity index is 0.000000115. The summed E-state index contributed by atoms with van der Waals surface area (Å²) in [6.07, 6.45) is 0. The van der Waals surface area contributed by atoms with E-state index < -0.39 is 0 Å². The summed E-state index contributed by atoms with van der Waals surface area (Å²) in [7, 11) is 0. The highest BCUT2D eigenvalue weighted by atomic mass is 79.9. The maximum Gasteiger partial charge on any atom is 0.205 e. The summed E-state index contributed by atoms with van der Waals surface area (Å²) >= 11 is 13.1. The van der Waals surface area contributed by atoms with E-state index in [2.05, 4.69) is 31.9 Å². The lowest BCUT2D eigenvalue weighted by molar-refractivity contribution is 0.103. The molecule has 128 valence electrons. The van der Waals surface area contributed by atoms with Crippen molar-refractivity contribution in [1.29, 1.82) is 0 Å². The summed E-state index contributed by atoms with van der Waals surface area (Å²) in [5.74, 6) is 0.365. The van der Waals surface area contributed by atoms with Crippen LogP contribution < -0.4 is 0 Å². The minimum atomic E-state index is 0.182. The molecule has 26 heavy (non-hydrogen) atoms. The normalized spacial score (nSPS) is 13.2. The molecule has 0 N–H and O–H groups in total. The van der Waals surface area contributed by atoms with Crippen LogP contribution in [-0.2, 0) is 0 Å². The lowest BCUT2D eigenvalue weighted by Crippen LogP contribution is -1.89. The fourth-order valence-corrected chi connectivity index (χ4v) is 8.16. The standard InChI is InChI=1S/2C9H3BrOS2/c2*10-6-3-13-9-7(6)4-1-12-2-5(4)8(9)11/h2*1-3H. The number of thiophene rings is 4. The SMILES string of the molecule is O=C1c2cscc2-c2c(Br)csc21.O=C1c2cscc2-c2c(Br)csc21. The zero-order valence-corrected chi connectivity index (χ0v) is 19.1. The van der Waals surface area contributed by atoms with Gasteiger partial charge in [0.1, 0.15) is 0 Å². The first kappa shape index (κ1) is 17.2. The summed E-state index contributed by atoms with van der Waals surface area (Å²) in [5, 5.41) is 11.9. The van der Waals surface area contributed by atoms with E-state index in [1.165, 1.54) is 22.7 Å². The molecule has 0 saturated heterocycles. The molecule has 4 aromatic heterocycles. The van der Waals surface area contributed by atoms with Crippen molar-refractivity contribution < 1.29 is 9.59 Å². The van der Waals surface area contributed by atoms with E-state index in [1.807, 2.05) is 32.3 Å². The molecule has 0 saturated carbocycles. The van der Waals surface area contributed by atoms with Gasteiger partial charge in [-0.05, 0) is 42.6 Å². The van der Waals surface area contributed by atoms with Crippen molar-refractivity contribution in [3.05, 3.63) is 62.1 Å². The Morgan fingerprint density at radius 2 is 0.962 bits per heavy atom. The molecule has 4 aromatic rings. The fraction of sp³-hybridized carbons (Fsp3) is 0. The van der Waals surface area contributed by atoms with Gasteiger partial charge in [0.2, 0.25) is 11.6 Å². The molecule has 2 nitrogen and oxygen atoms in total. The van der Waals surface area contributed by atoms with Gasteiger partial charge in [0, 0.05) is 63.8 Å². The first-order chi connectivity index (χ1) is 12.6. The van der Waals surface area contributed by atoms with Crippen molar-refractivity contribution in [2.24, 2.45) is 0 Å². The van der Waals surface area contributed by atoms with Gasteiger partial charge in [-0.1, -0.05) is 0 Å². The van der Waals surface area contributed by atoms with Crippen LogP contribution in [0.1, 0.15) is 30.5 Å². The van der Waals surface area contributed by atoms with Gasteiger partial charge < -0.3 is 0 Å². The van der Waals surface area contributed by atoms with Crippen molar-refractivity contribution in [2.45, 2.75) is 0 Å². The molecule has 4 heterocycles. The number of carbonyl (C=O) groups excluding carboxylic acids is 2. The van der Waals surface area contributed by atoms with Gasteiger partial charge in [0.25, 0.3) is 0 Å². The first-order valence-electron chi connectivity index (χ1n) is 7.34. The highest BCUT2D eigenvalue weighted by Gasteiger charge is 2.31. The van der Waals surface area contributed by atoms with Crippen LogP contribution in [0.2, 0.25) is 0 Å². The summed E-state index contributed by atoms with van der Waals surface area (Å²) in [5.41, 5.74) is 6.11. The number of hydrogen-bond acceptors (Lipinski definition) is 6.